The number of hydrogen-bond acceptors (Lipinski definition) is 4. The average molecular weight is 473 g/mol. The van der Waals surface area contributed by atoms with Gasteiger partial charge in [-0.15, -0.1) is 0 Å². The number of amides is 3. The largest absolute Gasteiger partial charge is 0.359 e. The number of urea groups is 1. The minimum atomic E-state index is -2.18. The number of rotatable bonds is 5. The number of nitrogens with one attached hydrogen (secondary N) is 2. The van der Waals surface area contributed by atoms with Crippen LogP contribution in [0.25, 0.3) is 0 Å². The molecule has 0 aliphatic carbocycles. The second-order valence-corrected chi connectivity index (χ2v) is 8.51. The third kappa shape index (κ3) is 3.59. The summed E-state index contributed by atoms with van der Waals surface area (Å²) in [5.41, 5.74) is -1.03. The number of benzene rings is 2. The SMILES string of the molecule is CCN1CCC[C@@H]1CNC(=O)[C@@]1(O)c2cc(Br)ccc2NC(=O)N1c1ccccc1. The summed E-state index contributed by atoms with van der Waals surface area (Å²) < 4.78 is 0.699. The van der Waals surface area contributed by atoms with Gasteiger partial charge >= 0.3 is 6.03 Å². The molecule has 0 aromatic heterocycles. The lowest BCUT2D eigenvalue weighted by molar-refractivity contribution is -0.140. The second kappa shape index (κ2) is 8.37. The van der Waals surface area contributed by atoms with E-state index in [1.54, 1.807) is 42.5 Å². The van der Waals surface area contributed by atoms with E-state index < -0.39 is 17.7 Å². The van der Waals surface area contributed by atoms with E-state index in [2.05, 4.69) is 38.4 Å². The van der Waals surface area contributed by atoms with Gasteiger partial charge in [-0.3, -0.25) is 14.6 Å². The highest BCUT2D eigenvalue weighted by atomic mass is 79.9. The highest BCUT2D eigenvalue weighted by molar-refractivity contribution is 9.10. The van der Waals surface area contributed by atoms with E-state index in [0.29, 0.717) is 28.0 Å². The molecular formula is C22H25BrN4O3. The van der Waals surface area contributed by atoms with Gasteiger partial charge in [0, 0.05) is 28.3 Å². The summed E-state index contributed by atoms with van der Waals surface area (Å²) >= 11 is 3.41. The number of carbonyl (C=O) groups excluding carboxylic acids is 2. The van der Waals surface area contributed by atoms with Crippen molar-refractivity contribution < 1.29 is 14.7 Å². The fourth-order valence-corrected chi connectivity index (χ4v) is 4.69. The van der Waals surface area contributed by atoms with Crippen LogP contribution in [0, 0.1) is 0 Å². The molecule has 3 N–H and O–H groups in total. The van der Waals surface area contributed by atoms with Gasteiger partial charge in [0.2, 0.25) is 0 Å². The van der Waals surface area contributed by atoms with Crippen molar-refractivity contribution in [2.75, 3.05) is 29.9 Å². The second-order valence-electron chi connectivity index (χ2n) is 7.60. The van der Waals surface area contributed by atoms with E-state index in [1.165, 1.54) is 0 Å². The number of halogens is 1. The summed E-state index contributed by atoms with van der Waals surface area (Å²) in [6, 6.07) is 13.5. The third-order valence-corrected chi connectivity index (χ3v) is 6.35. The van der Waals surface area contributed by atoms with Crippen LogP contribution in [0.3, 0.4) is 0 Å². The third-order valence-electron chi connectivity index (χ3n) is 5.86. The molecule has 2 aromatic rings. The van der Waals surface area contributed by atoms with Gasteiger partial charge in [-0.1, -0.05) is 41.1 Å². The van der Waals surface area contributed by atoms with Crippen molar-refractivity contribution in [3.05, 3.63) is 58.6 Å². The Kier molecular flexibility index (Phi) is 5.81. The Balaban J connectivity index is 1.72. The topological polar surface area (TPSA) is 84.9 Å². The molecule has 0 bridgehead atoms. The van der Waals surface area contributed by atoms with E-state index in [-0.39, 0.29) is 6.04 Å². The minimum absolute atomic E-state index is 0.229. The molecular weight excluding hydrogens is 448 g/mol. The highest BCUT2D eigenvalue weighted by Gasteiger charge is 2.52. The molecule has 0 spiro atoms. The Bertz CT molecular complexity index is 955. The molecule has 2 aliphatic rings. The Hall–Kier alpha value is -2.42. The predicted molar refractivity (Wildman–Crippen MR) is 119 cm³/mol. The van der Waals surface area contributed by atoms with Gasteiger partial charge < -0.3 is 15.7 Å². The van der Waals surface area contributed by atoms with Gasteiger partial charge in [-0.25, -0.2) is 4.79 Å². The van der Waals surface area contributed by atoms with Crippen LogP contribution in [0.5, 0.6) is 0 Å². The molecule has 1 saturated heterocycles. The van der Waals surface area contributed by atoms with Crippen molar-refractivity contribution in [2.24, 2.45) is 0 Å². The number of aliphatic hydroxyl groups is 1. The monoisotopic (exact) mass is 472 g/mol. The molecule has 7 nitrogen and oxygen atoms in total. The summed E-state index contributed by atoms with van der Waals surface area (Å²) in [7, 11) is 0. The fraction of sp³-hybridized carbons (Fsp3) is 0.364. The Morgan fingerprint density at radius 3 is 2.80 bits per heavy atom. The number of anilines is 2. The van der Waals surface area contributed by atoms with Crippen molar-refractivity contribution >= 4 is 39.2 Å². The number of para-hydroxylation sites is 1. The maximum atomic E-state index is 13.5. The molecule has 3 amide bonds. The smallest absolute Gasteiger partial charge is 0.329 e. The first kappa shape index (κ1) is 20.8. The molecule has 2 heterocycles. The molecule has 0 radical (unpaired) electrons. The summed E-state index contributed by atoms with van der Waals surface area (Å²) in [5, 5.41) is 17.5. The minimum Gasteiger partial charge on any atom is -0.359 e. The molecule has 2 atom stereocenters. The Morgan fingerprint density at radius 2 is 2.07 bits per heavy atom. The van der Waals surface area contributed by atoms with Gasteiger partial charge in [-0.2, -0.15) is 0 Å². The number of fused-ring (bicyclic) bond motifs is 1. The Labute approximate surface area is 184 Å². The first-order valence-corrected chi connectivity index (χ1v) is 11.0. The fourth-order valence-electron chi connectivity index (χ4n) is 4.33. The molecule has 0 saturated carbocycles. The number of likely N-dealkylation sites (tertiary alicyclic amines) is 1. The van der Waals surface area contributed by atoms with Crippen LogP contribution in [0.2, 0.25) is 0 Å². The van der Waals surface area contributed by atoms with Gasteiger partial charge in [0.15, 0.2) is 0 Å². The normalized spacial score (nSPS) is 23.8. The number of likely N-dealkylation sites (N-methyl/N-ethyl adjacent to an activating group) is 1. The van der Waals surface area contributed by atoms with Crippen LogP contribution < -0.4 is 15.5 Å². The van der Waals surface area contributed by atoms with Crippen LogP contribution in [-0.2, 0) is 10.5 Å². The number of hydrogen-bond donors (Lipinski definition) is 3. The lowest BCUT2D eigenvalue weighted by atomic mass is 9.94. The quantitative estimate of drug-likeness (QED) is 0.623. The van der Waals surface area contributed by atoms with Crippen molar-refractivity contribution in [3.8, 4) is 0 Å². The van der Waals surface area contributed by atoms with E-state index in [1.807, 2.05) is 6.07 Å². The van der Waals surface area contributed by atoms with E-state index >= 15 is 0 Å². The number of nitrogens with zero attached hydrogens (tertiary/aromatic N) is 2. The first-order chi connectivity index (χ1) is 14.4. The van der Waals surface area contributed by atoms with Crippen LogP contribution in [-0.4, -0.2) is 47.6 Å². The standard InChI is InChI=1S/C22H25BrN4O3/c1-2-26-12-6-9-17(26)14-24-20(28)22(30)18-13-15(23)10-11-19(18)25-21(29)27(22)16-7-4-3-5-8-16/h3-5,7-8,10-11,13,17,30H,2,6,9,12,14H2,1H3,(H,24,28)(H,25,29)/t17-,22+/m1/s1. The molecule has 158 valence electrons. The van der Waals surface area contributed by atoms with Crippen LogP contribution in [0.15, 0.2) is 53.0 Å². The van der Waals surface area contributed by atoms with Crippen molar-refractivity contribution in [1.82, 2.24) is 10.2 Å². The lowest BCUT2D eigenvalue weighted by Crippen LogP contribution is -2.63. The van der Waals surface area contributed by atoms with Crippen LogP contribution in [0.4, 0.5) is 16.2 Å². The average Bonchev–Trinajstić information content (AvgIpc) is 3.21. The van der Waals surface area contributed by atoms with Gasteiger partial charge in [-0.05, 0) is 56.3 Å². The van der Waals surface area contributed by atoms with Crippen molar-refractivity contribution in [2.45, 2.75) is 31.5 Å². The molecule has 8 heteroatoms. The zero-order valence-corrected chi connectivity index (χ0v) is 18.4. The highest BCUT2D eigenvalue weighted by Crippen LogP contribution is 2.41. The van der Waals surface area contributed by atoms with E-state index in [9.17, 15) is 14.7 Å². The molecule has 0 unspecified atom stereocenters. The maximum absolute atomic E-state index is 13.5. The van der Waals surface area contributed by atoms with Crippen molar-refractivity contribution in [3.63, 3.8) is 0 Å². The summed E-state index contributed by atoms with van der Waals surface area (Å²) in [6.07, 6.45) is 2.09. The lowest BCUT2D eigenvalue weighted by Gasteiger charge is -2.43. The first-order valence-electron chi connectivity index (χ1n) is 10.2. The molecule has 2 aliphatic heterocycles. The van der Waals surface area contributed by atoms with Gasteiger partial charge in [0.25, 0.3) is 11.6 Å². The van der Waals surface area contributed by atoms with Crippen molar-refractivity contribution in [1.29, 1.82) is 0 Å². The zero-order valence-electron chi connectivity index (χ0n) is 16.8. The molecule has 4 rings (SSSR count). The maximum Gasteiger partial charge on any atom is 0.329 e. The van der Waals surface area contributed by atoms with Gasteiger partial charge in [0.1, 0.15) is 0 Å². The predicted octanol–water partition coefficient (Wildman–Crippen LogP) is 3.25. The number of carbonyl (C=O) groups is 2. The summed E-state index contributed by atoms with van der Waals surface area (Å²) in [4.78, 5) is 29.9. The summed E-state index contributed by atoms with van der Waals surface area (Å²) in [5.74, 6) is -0.622. The molecule has 1 fully saturated rings. The summed E-state index contributed by atoms with van der Waals surface area (Å²) in [6.45, 7) is 4.45. The van der Waals surface area contributed by atoms with E-state index in [4.69, 9.17) is 0 Å². The van der Waals surface area contributed by atoms with E-state index in [0.717, 1.165) is 30.8 Å². The van der Waals surface area contributed by atoms with Gasteiger partial charge in [0.05, 0.1) is 5.69 Å². The Morgan fingerprint density at radius 1 is 1.30 bits per heavy atom. The molecule has 2 aromatic carbocycles. The zero-order chi connectivity index (χ0) is 21.3. The van der Waals surface area contributed by atoms with Crippen LogP contribution in [0.1, 0.15) is 25.3 Å². The van der Waals surface area contributed by atoms with Crippen LogP contribution >= 0.6 is 15.9 Å². The molecule has 30 heavy (non-hydrogen) atoms.